The Morgan fingerprint density at radius 1 is 1.24 bits per heavy atom. The van der Waals surface area contributed by atoms with Crippen LogP contribution in [0.3, 0.4) is 0 Å². The third kappa shape index (κ3) is 3.18. The van der Waals surface area contributed by atoms with Crippen LogP contribution in [0.2, 0.25) is 0 Å². The van der Waals surface area contributed by atoms with E-state index in [4.69, 9.17) is 9.47 Å². The lowest BCUT2D eigenvalue weighted by atomic mass is 10.1. The molecule has 0 spiro atoms. The molecule has 6 nitrogen and oxygen atoms in total. The minimum absolute atomic E-state index is 0.0651. The Balaban J connectivity index is 1.91. The second kappa shape index (κ2) is 5.40. The molecule has 0 fully saturated rings. The lowest BCUT2D eigenvalue weighted by Crippen LogP contribution is -2.16. The summed E-state index contributed by atoms with van der Waals surface area (Å²) in [5.41, 5.74) is 0. The fraction of sp³-hybridized carbons (Fsp3) is 0.357. The van der Waals surface area contributed by atoms with Crippen LogP contribution in [-0.2, 0) is 9.84 Å². The Bertz CT molecular complexity index is 774. The van der Waals surface area contributed by atoms with Gasteiger partial charge >= 0.3 is 0 Å². The van der Waals surface area contributed by atoms with Gasteiger partial charge in [0.05, 0.1) is 5.75 Å². The number of aromatic nitrogens is 1. The molecule has 0 atom stereocenters. The van der Waals surface area contributed by atoms with Crippen LogP contribution in [0.4, 0.5) is 5.82 Å². The summed E-state index contributed by atoms with van der Waals surface area (Å²) in [5, 5.41) is 4.92. The van der Waals surface area contributed by atoms with E-state index in [-0.39, 0.29) is 5.75 Å². The van der Waals surface area contributed by atoms with E-state index in [0.717, 1.165) is 16.5 Å². The van der Waals surface area contributed by atoms with E-state index in [1.165, 1.54) is 6.26 Å². The molecule has 0 saturated carbocycles. The Morgan fingerprint density at radius 3 is 2.67 bits per heavy atom. The molecule has 2 heterocycles. The first-order chi connectivity index (χ1) is 10.0. The van der Waals surface area contributed by atoms with Crippen LogP contribution >= 0.6 is 0 Å². The van der Waals surface area contributed by atoms with Gasteiger partial charge in [0, 0.05) is 24.4 Å². The van der Waals surface area contributed by atoms with E-state index >= 15 is 0 Å². The molecule has 0 bridgehead atoms. The van der Waals surface area contributed by atoms with Crippen molar-refractivity contribution in [2.45, 2.75) is 0 Å². The van der Waals surface area contributed by atoms with Gasteiger partial charge in [-0.3, -0.25) is 0 Å². The van der Waals surface area contributed by atoms with Gasteiger partial charge in [0.1, 0.15) is 28.9 Å². The highest BCUT2D eigenvalue weighted by Crippen LogP contribution is 2.36. The minimum Gasteiger partial charge on any atom is -0.486 e. The number of hydrogen-bond acceptors (Lipinski definition) is 6. The normalized spacial score (nSPS) is 14.1. The fourth-order valence-electron chi connectivity index (χ4n) is 2.20. The highest BCUT2D eigenvalue weighted by molar-refractivity contribution is 7.90. The van der Waals surface area contributed by atoms with E-state index < -0.39 is 9.84 Å². The third-order valence-electron chi connectivity index (χ3n) is 3.19. The van der Waals surface area contributed by atoms with Crippen molar-refractivity contribution < 1.29 is 17.9 Å². The molecule has 7 heteroatoms. The molecule has 1 aromatic heterocycles. The molecule has 0 radical (unpaired) electrons. The van der Waals surface area contributed by atoms with Gasteiger partial charge in [-0.05, 0) is 23.6 Å². The van der Waals surface area contributed by atoms with Gasteiger partial charge in [-0.15, -0.1) is 0 Å². The van der Waals surface area contributed by atoms with Crippen LogP contribution in [0.5, 0.6) is 11.5 Å². The molecule has 0 amide bonds. The number of nitrogens with one attached hydrogen (secondary N) is 1. The van der Waals surface area contributed by atoms with Crippen molar-refractivity contribution in [1.82, 2.24) is 4.98 Å². The summed E-state index contributed by atoms with van der Waals surface area (Å²) in [7, 11) is -3.00. The second-order valence-electron chi connectivity index (χ2n) is 4.93. The van der Waals surface area contributed by atoms with Crippen molar-refractivity contribution in [3.05, 3.63) is 24.4 Å². The number of hydrogen-bond donors (Lipinski definition) is 1. The highest BCUT2D eigenvalue weighted by atomic mass is 32.2. The van der Waals surface area contributed by atoms with E-state index in [2.05, 4.69) is 10.3 Å². The zero-order chi connectivity index (χ0) is 14.9. The topological polar surface area (TPSA) is 77.5 Å². The van der Waals surface area contributed by atoms with Gasteiger partial charge in [-0.25, -0.2) is 13.4 Å². The summed E-state index contributed by atoms with van der Waals surface area (Å²) in [6.45, 7) is 1.39. The molecule has 0 saturated heterocycles. The number of rotatable bonds is 4. The quantitative estimate of drug-likeness (QED) is 0.921. The molecule has 21 heavy (non-hydrogen) atoms. The summed E-state index contributed by atoms with van der Waals surface area (Å²) < 4.78 is 33.5. The molecule has 0 unspecified atom stereocenters. The molecule has 1 aromatic carbocycles. The molecule has 3 rings (SSSR count). The molecule has 2 aromatic rings. The molecule has 112 valence electrons. The summed E-state index contributed by atoms with van der Waals surface area (Å²) >= 11 is 0. The largest absolute Gasteiger partial charge is 0.486 e. The first-order valence-corrected chi connectivity index (χ1v) is 8.69. The first kappa shape index (κ1) is 13.9. The zero-order valence-electron chi connectivity index (χ0n) is 11.6. The Hall–Kier alpha value is -2.02. The van der Waals surface area contributed by atoms with E-state index in [1.54, 1.807) is 6.20 Å². The standard InChI is InChI=1S/C14H16N2O4S/c1-21(17,18)7-4-16-14-11-9-13-12(19-5-6-20-13)8-10(11)2-3-15-14/h2-3,8-9H,4-7H2,1H3,(H,15,16). The average Bonchev–Trinajstić information content (AvgIpc) is 2.44. The van der Waals surface area contributed by atoms with Crippen LogP contribution in [0, 0.1) is 0 Å². The van der Waals surface area contributed by atoms with E-state index in [1.807, 2.05) is 18.2 Å². The summed E-state index contributed by atoms with van der Waals surface area (Å²) in [5.74, 6) is 2.12. The van der Waals surface area contributed by atoms with E-state index in [9.17, 15) is 8.42 Å². The van der Waals surface area contributed by atoms with Crippen LogP contribution in [0.15, 0.2) is 24.4 Å². The van der Waals surface area contributed by atoms with Gasteiger partial charge in [-0.1, -0.05) is 0 Å². The van der Waals surface area contributed by atoms with Gasteiger partial charge < -0.3 is 14.8 Å². The van der Waals surface area contributed by atoms with Gasteiger partial charge in [0.25, 0.3) is 0 Å². The van der Waals surface area contributed by atoms with Crippen LogP contribution in [0.25, 0.3) is 10.8 Å². The summed E-state index contributed by atoms with van der Waals surface area (Å²) in [4.78, 5) is 4.27. The van der Waals surface area contributed by atoms with Crippen LogP contribution in [-0.4, -0.2) is 45.2 Å². The summed E-state index contributed by atoms with van der Waals surface area (Å²) in [6.07, 6.45) is 2.90. The molecular formula is C14H16N2O4S. The summed E-state index contributed by atoms with van der Waals surface area (Å²) in [6, 6.07) is 5.67. The van der Waals surface area contributed by atoms with Gasteiger partial charge in [0.15, 0.2) is 11.5 Å². The number of nitrogens with zero attached hydrogens (tertiary/aromatic N) is 1. The van der Waals surface area contributed by atoms with Crippen molar-refractivity contribution in [3.8, 4) is 11.5 Å². The maximum absolute atomic E-state index is 11.2. The number of benzene rings is 1. The zero-order valence-corrected chi connectivity index (χ0v) is 12.4. The fourth-order valence-corrected chi connectivity index (χ4v) is 2.68. The molecular weight excluding hydrogens is 292 g/mol. The van der Waals surface area contributed by atoms with E-state index in [0.29, 0.717) is 31.3 Å². The molecule has 1 N–H and O–H groups in total. The van der Waals surface area contributed by atoms with Crippen molar-refractivity contribution in [2.75, 3.05) is 37.1 Å². The van der Waals surface area contributed by atoms with Gasteiger partial charge in [-0.2, -0.15) is 0 Å². The number of sulfone groups is 1. The maximum Gasteiger partial charge on any atom is 0.162 e. The smallest absolute Gasteiger partial charge is 0.162 e. The minimum atomic E-state index is -3.00. The maximum atomic E-state index is 11.2. The number of pyridine rings is 1. The molecule has 1 aliphatic heterocycles. The second-order valence-corrected chi connectivity index (χ2v) is 7.19. The van der Waals surface area contributed by atoms with Crippen molar-refractivity contribution in [1.29, 1.82) is 0 Å². The van der Waals surface area contributed by atoms with Crippen molar-refractivity contribution in [3.63, 3.8) is 0 Å². The molecule has 1 aliphatic rings. The average molecular weight is 308 g/mol. The van der Waals surface area contributed by atoms with Crippen LogP contribution in [0.1, 0.15) is 0 Å². The van der Waals surface area contributed by atoms with Crippen molar-refractivity contribution >= 4 is 26.4 Å². The monoisotopic (exact) mass is 308 g/mol. The predicted octanol–water partition coefficient (Wildman–Crippen LogP) is 1.46. The number of anilines is 1. The SMILES string of the molecule is CS(=O)(=O)CCNc1nccc2cc3c(cc12)OCCO3. The van der Waals surface area contributed by atoms with Crippen molar-refractivity contribution in [2.24, 2.45) is 0 Å². The Labute approximate surface area is 123 Å². The number of ether oxygens (including phenoxy) is 2. The lowest BCUT2D eigenvalue weighted by Gasteiger charge is -2.19. The number of fused-ring (bicyclic) bond motifs is 2. The Morgan fingerprint density at radius 2 is 1.95 bits per heavy atom. The first-order valence-electron chi connectivity index (χ1n) is 6.63. The van der Waals surface area contributed by atoms with Crippen LogP contribution < -0.4 is 14.8 Å². The third-order valence-corrected chi connectivity index (χ3v) is 4.14. The van der Waals surface area contributed by atoms with Gasteiger partial charge in [0.2, 0.25) is 0 Å². The molecule has 0 aliphatic carbocycles. The highest BCUT2D eigenvalue weighted by Gasteiger charge is 2.14. The Kier molecular flexibility index (Phi) is 3.59. The predicted molar refractivity (Wildman–Crippen MR) is 80.9 cm³/mol. The lowest BCUT2D eigenvalue weighted by molar-refractivity contribution is 0.172.